The van der Waals surface area contributed by atoms with Gasteiger partial charge in [0.1, 0.15) is 6.04 Å². The van der Waals surface area contributed by atoms with Crippen LogP contribution in [0.1, 0.15) is 61.6 Å². The normalized spacial score (nSPS) is 15.3. The van der Waals surface area contributed by atoms with Crippen LogP contribution in [0.15, 0.2) is 89.8 Å². The summed E-state index contributed by atoms with van der Waals surface area (Å²) in [5.74, 6) is -0.532. The molecular weight excluding hydrogens is 606 g/mol. The first-order chi connectivity index (χ1) is 22.2. The van der Waals surface area contributed by atoms with Gasteiger partial charge in [-0.1, -0.05) is 79.7 Å². The molecular formula is C35H45N3O7S. The fourth-order valence-corrected chi connectivity index (χ4v) is 7.66. The average molecular weight is 652 g/mol. The van der Waals surface area contributed by atoms with Crippen LogP contribution in [0.5, 0.6) is 0 Å². The minimum absolute atomic E-state index is 0.101. The minimum Gasteiger partial charge on any atom is -0.453 e. The van der Waals surface area contributed by atoms with E-state index in [1.165, 1.54) is 23.5 Å². The van der Waals surface area contributed by atoms with Gasteiger partial charge in [0.15, 0.2) is 0 Å². The van der Waals surface area contributed by atoms with Crippen LogP contribution >= 0.6 is 0 Å². The highest BCUT2D eigenvalue weighted by Gasteiger charge is 2.38. The third-order valence-corrected chi connectivity index (χ3v) is 10.6. The molecule has 0 heterocycles. The molecule has 248 valence electrons. The zero-order chi connectivity index (χ0) is 33.1. The third kappa shape index (κ3) is 8.94. The number of carbonyl (C=O) groups is 2. The van der Waals surface area contributed by atoms with Crippen LogP contribution in [-0.2, 0) is 26.2 Å². The molecule has 46 heavy (non-hydrogen) atoms. The molecule has 10 nitrogen and oxygen atoms in total. The van der Waals surface area contributed by atoms with Crippen molar-refractivity contribution in [3.8, 4) is 0 Å². The number of benzene rings is 3. The van der Waals surface area contributed by atoms with Crippen molar-refractivity contribution in [2.75, 3.05) is 20.3 Å². The van der Waals surface area contributed by atoms with Gasteiger partial charge in [-0.25, -0.2) is 13.2 Å². The highest BCUT2D eigenvalue weighted by molar-refractivity contribution is 7.89. The Bertz CT molecular complexity index is 1460. The van der Waals surface area contributed by atoms with Gasteiger partial charge < -0.3 is 25.6 Å². The molecule has 0 aliphatic heterocycles. The second-order valence-electron chi connectivity index (χ2n) is 11.6. The van der Waals surface area contributed by atoms with E-state index >= 15 is 0 Å². The molecule has 0 aromatic heterocycles. The van der Waals surface area contributed by atoms with Gasteiger partial charge in [-0.3, -0.25) is 4.79 Å². The number of hydrogen-bond acceptors (Lipinski definition) is 7. The number of aliphatic hydroxyl groups excluding tert-OH is 2. The van der Waals surface area contributed by atoms with Gasteiger partial charge in [0, 0.05) is 24.5 Å². The van der Waals surface area contributed by atoms with E-state index in [1.54, 1.807) is 19.1 Å². The van der Waals surface area contributed by atoms with Crippen molar-refractivity contribution in [3.63, 3.8) is 0 Å². The van der Waals surface area contributed by atoms with Crippen molar-refractivity contribution in [1.29, 1.82) is 0 Å². The monoisotopic (exact) mass is 651 g/mol. The smallest absolute Gasteiger partial charge is 0.407 e. The van der Waals surface area contributed by atoms with Crippen LogP contribution in [-0.4, -0.2) is 73.3 Å². The number of carbonyl (C=O) groups excluding carboxylic acids is 2. The van der Waals surface area contributed by atoms with Gasteiger partial charge in [-0.05, 0) is 66.8 Å². The van der Waals surface area contributed by atoms with E-state index in [4.69, 9.17) is 4.74 Å². The Morgan fingerprint density at radius 2 is 1.48 bits per heavy atom. The van der Waals surface area contributed by atoms with E-state index in [0.29, 0.717) is 24.8 Å². The number of methoxy groups -OCH3 is 1. The van der Waals surface area contributed by atoms with Crippen LogP contribution in [0.2, 0.25) is 0 Å². The number of rotatable bonds is 17. The van der Waals surface area contributed by atoms with Crippen molar-refractivity contribution in [2.45, 2.75) is 74.6 Å². The number of ether oxygens (including phenoxy) is 1. The summed E-state index contributed by atoms with van der Waals surface area (Å²) >= 11 is 0. The standard InChI is InChI=1S/C35H45N3O7S/c1-3-38(46(43,44)30-21-17-25(23-39)18-22-30)29(24-40)15-10-16-31(26-19-20-26)36-34(41)33(37-35(42)45-2)32(27-11-6-4-7-12-27)28-13-8-5-9-14-28/h4-9,11-14,17-18,21-22,26,29,31-33,39-40H,3,10,15-16,19-20,23-24H2,1-2H3,(H,36,41)(H,37,42)/t29-,31+,33-/m0/s1. The lowest BCUT2D eigenvalue weighted by molar-refractivity contribution is -0.124. The molecule has 3 atom stereocenters. The van der Waals surface area contributed by atoms with E-state index in [-0.39, 0.29) is 42.5 Å². The van der Waals surface area contributed by atoms with Gasteiger partial charge >= 0.3 is 6.09 Å². The van der Waals surface area contributed by atoms with Crippen LogP contribution in [0, 0.1) is 5.92 Å². The first kappa shape index (κ1) is 35.1. The Morgan fingerprint density at radius 3 is 1.96 bits per heavy atom. The Hall–Kier alpha value is -3.77. The summed E-state index contributed by atoms with van der Waals surface area (Å²) in [6, 6.07) is 23.4. The number of likely N-dealkylation sites (N-methyl/N-ethyl adjacent to an activating group) is 1. The Balaban J connectivity index is 1.49. The number of hydrogen-bond donors (Lipinski definition) is 4. The van der Waals surface area contributed by atoms with Crippen molar-refractivity contribution in [3.05, 3.63) is 102 Å². The fourth-order valence-electron chi connectivity index (χ4n) is 6.01. The lowest BCUT2D eigenvalue weighted by Crippen LogP contribution is -2.53. The fraction of sp³-hybridized carbons (Fsp3) is 0.429. The van der Waals surface area contributed by atoms with Crippen molar-refractivity contribution < 1.29 is 33.0 Å². The number of alkyl carbamates (subject to hydrolysis) is 1. The summed E-state index contributed by atoms with van der Waals surface area (Å²) in [4.78, 5) is 26.7. The Morgan fingerprint density at radius 1 is 0.891 bits per heavy atom. The van der Waals surface area contributed by atoms with Gasteiger partial charge in [-0.2, -0.15) is 4.31 Å². The van der Waals surface area contributed by atoms with Crippen LogP contribution in [0.4, 0.5) is 4.79 Å². The highest BCUT2D eigenvalue weighted by Crippen LogP contribution is 2.36. The van der Waals surface area contributed by atoms with E-state index in [1.807, 2.05) is 60.7 Å². The van der Waals surface area contributed by atoms with Gasteiger partial charge in [0.2, 0.25) is 15.9 Å². The quantitative estimate of drug-likeness (QED) is 0.171. The number of aliphatic hydroxyl groups is 2. The maximum absolute atomic E-state index is 14.0. The zero-order valence-electron chi connectivity index (χ0n) is 26.4. The van der Waals surface area contributed by atoms with Gasteiger partial charge in [-0.15, -0.1) is 0 Å². The van der Waals surface area contributed by atoms with Crippen molar-refractivity contribution >= 4 is 22.0 Å². The van der Waals surface area contributed by atoms with Crippen molar-refractivity contribution in [2.24, 2.45) is 5.92 Å². The number of amides is 2. The van der Waals surface area contributed by atoms with E-state index in [9.17, 15) is 28.2 Å². The average Bonchev–Trinajstić information content (AvgIpc) is 3.93. The molecule has 1 aliphatic rings. The molecule has 1 saturated carbocycles. The topological polar surface area (TPSA) is 145 Å². The molecule has 0 radical (unpaired) electrons. The summed E-state index contributed by atoms with van der Waals surface area (Å²) in [7, 11) is -2.62. The Labute approximate surface area is 271 Å². The molecule has 0 bridgehead atoms. The lowest BCUT2D eigenvalue weighted by atomic mass is 9.84. The first-order valence-electron chi connectivity index (χ1n) is 15.8. The van der Waals surface area contributed by atoms with Crippen LogP contribution < -0.4 is 10.6 Å². The zero-order valence-corrected chi connectivity index (χ0v) is 27.2. The summed E-state index contributed by atoms with van der Waals surface area (Å²) < 4.78 is 33.1. The number of sulfonamides is 1. The van der Waals surface area contributed by atoms with E-state index in [0.717, 1.165) is 24.0 Å². The van der Waals surface area contributed by atoms with Gasteiger partial charge in [0.05, 0.1) is 25.2 Å². The second-order valence-corrected chi connectivity index (χ2v) is 13.5. The summed E-state index contributed by atoms with van der Waals surface area (Å²) in [5, 5.41) is 25.6. The largest absolute Gasteiger partial charge is 0.453 e. The molecule has 0 saturated heterocycles. The van der Waals surface area contributed by atoms with E-state index in [2.05, 4.69) is 10.6 Å². The van der Waals surface area contributed by atoms with Crippen LogP contribution in [0.25, 0.3) is 0 Å². The van der Waals surface area contributed by atoms with Gasteiger partial charge in [0.25, 0.3) is 0 Å². The summed E-state index contributed by atoms with van der Waals surface area (Å²) in [6.45, 7) is 1.39. The molecule has 11 heteroatoms. The predicted octanol–water partition coefficient (Wildman–Crippen LogP) is 4.17. The van der Waals surface area contributed by atoms with Crippen molar-refractivity contribution in [1.82, 2.24) is 14.9 Å². The molecule has 1 aliphatic carbocycles. The molecule has 2 amide bonds. The minimum atomic E-state index is -3.88. The third-order valence-electron chi connectivity index (χ3n) is 8.61. The molecule has 3 aromatic carbocycles. The molecule has 0 spiro atoms. The molecule has 3 aromatic rings. The summed E-state index contributed by atoms with van der Waals surface area (Å²) in [5.41, 5.74) is 2.34. The number of nitrogens with zero attached hydrogens (tertiary/aromatic N) is 1. The highest BCUT2D eigenvalue weighted by atomic mass is 32.2. The first-order valence-corrected chi connectivity index (χ1v) is 17.2. The molecule has 4 rings (SSSR count). The SMILES string of the molecule is CCN([C@H](CO)CCC[C@@H](NC(=O)[C@@H](NC(=O)OC)C(c1ccccc1)c1ccccc1)C1CC1)S(=O)(=O)c1ccc(CO)cc1. The maximum atomic E-state index is 14.0. The predicted molar refractivity (Wildman–Crippen MR) is 175 cm³/mol. The van der Waals surface area contributed by atoms with E-state index < -0.39 is 34.1 Å². The van der Waals surface area contributed by atoms with Crippen LogP contribution in [0.3, 0.4) is 0 Å². The lowest BCUT2D eigenvalue weighted by Gasteiger charge is -2.31. The number of nitrogens with one attached hydrogen (secondary N) is 2. The second kappa shape index (κ2) is 16.7. The maximum Gasteiger partial charge on any atom is 0.407 e. The molecule has 4 N–H and O–H groups in total. The summed E-state index contributed by atoms with van der Waals surface area (Å²) in [6.07, 6.45) is 2.77. The molecule has 1 fully saturated rings. The Kier molecular flexibility index (Phi) is 12.7. The molecule has 0 unspecified atom stereocenters.